The van der Waals surface area contributed by atoms with E-state index in [9.17, 15) is 30.2 Å². The summed E-state index contributed by atoms with van der Waals surface area (Å²) in [7, 11) is -9.57. The molecule has 0 atom stereocenters. The Morgan fingerprint density at radius 1 is 0.889 bits per heavy atom. The molecule has 0 aliphatic carbocycles. The summed E-state index contributed by atoms with van der Waals surface area (Å²) in [6.45, 7) is 0. The number of nitrogen functional groups attached to an aromatic ring is 1. The van der Waals surface area contributed by atoms with Crippen LogP contribution in [0.25, 0.3) is 22.2 Å². The summed E-state index contributed by atoms with van der Waals surface area (Å²) >= 11 is 0. The van der Waals surface area contributed by atoms with Gasteiger partial charge in [0.05, 0.1) is 16.1 Å². The summed E-state index contributed by atoms with van der Waals surface area (Å²) in [6.07, 6.45) is -3.03. The fourth-order valence-electron chi connectivity index (χ4n) is 2.43. The minimum Gasteiger partial charge on any atom is -0.397 e. The topological polar surface area (TPSA) is 173 Å². The van der Waals surface area contributed by atoms with Gasteiger partial charge < -0.3 is 5.73 Å². The monoisotopic (exact) mass is 418 g/mol. The molecule has 0 aliphatic heterocycles. The molecule has 0 saturated heterocycles. The molecule has 14 heteroatoms. The van der Waals surface area contributed by atoms with Crippen molar-refractivity contribution in [1.82, 2.24) is 15.0 Å². The molecule has 0 radical (unpaired) electrons. The van der Waals surface area contributed by atoms with E-state index in [0.29, 0.717) is 0 Å². The van der Waals surface area contributed by atoms with Crippen molar-refractivity contribution >= 4 is 36.7 Å². The van der Waals surface area contributed by atoms with E-state index >= 15 is 0 Å². The molecule has 10 nitrogen and oxygen atoms in total. The van der Waals surface area contributed by atoms with Gasteiger partial charge in [-0.3, -0.25) is 9.11 Å². The molecule has 0 bridgehead atoms. The predicted octanol–water partition coefficient (Wildman–Crippen LogP) is 1.05. The first-order valence-electron chi connectivity index (χ1n) is 6.76. The molecule has 2 aromatic carbocycles. The number of anilines is 1. The van der Waals surface area contributed by atoms with Gasteiger partial charge in [-0.1, -0.05) is 6.07 Å². The molecule has 142 valence electrons. The summed E-state index contributed by atoms with van der Waals surface area (Å²) in [5, 5.41) is -0.152. The van der Waals surface area contributed by atoms with E-state index in [1.54, 1.807) is 0 Å². The third kappa shape index (κ3) is 3.55. The zero-order chi connectivity index (χ0) is 20.1. The molecule has 0 saturated carbocycles. The molecule has 0 amide bonds. The van der Waals surface area contributed by atoms with Crippen LogP contribution in [-0.4, -0.2) is 40.9 Å². The van der Waals surface area contributed by atoms with Gasteiger partial charge in [0, 0.05) is 0 Å². The summed E-state index contributed by atoms with van der Waals surface area (Å²) in [5.41, 5.74) is 4.72. The maximum absolute atomic E-state index is 13.4. The molecule has 3 aromatic rings. The minimum atomic E-state index is -4.92. The molecule has 0 spiro atoms. The molecule has 0 aliphatic rings. The summed E-state index contributed by atoms with van der Waals surface area (Å²) in [6, 6.07) is 3.74. The smallest absolute Gasteiger partial charge is 0.314 e. The number of nitrogens with two attached hydrogens (primary N) is 1. The lowest BCUT2D eigenvalue weighted by molar-refractivity contribution is 0.457. The van der Waals surface area contributed by atoms with Gasteiger partial charge in [0.15, 0.2) is 5.82 Å². The second kappa shape index (κ2) is 6.12. The van der Waals surface area contributed by atoms with Crippen LogP contribution in [0.2, 0.25) is 0 Å². The van der Waals surface area contributed by atoms with Crippen LogP contribution in [0.1, 0.15) is 0 Å². The third-order valence-corrected chi connectivity index (χ3v) is 5.24. The Hall–Kier alpha value is -2.81. The van der Waals surface area contributed by atoms with Gasteiger partial charge in [-0.05, 0) is 29.0 Å². The second-order valence-electron chi connectivity index (χ2n) is 5.19. The van der Waals surface area contributed by atoms with Crippen molar-refractivity contribution in [3.05, 3.63) is 36.4 Å². The van der Waals surface area contributed by atoms with Crippen molar-refractivity contribution in [3.63, 3.8) is 0 Å². The Bertz CT molecular complexity index is 1290. The Kier molecular flexibility index (Phi) is 4.30. The Morgan fingerprint density at radius 3 is 2.00 bits per heavy atom. The fourth-order valence-corrected chi connectivity index (χ4v) is 3.60. The predicted molar refractivity (Wildman–Crippen MR) is 86.7 cm³/mol. The van der Waals surface area contributed by atoms with E-state index < -0.39 is 53.7 Å². The number of hydrogen-bond donors (Lipinski definition) is 3. The number of aromatic nitrogens is 3. The summed E-state index contributed by atoms with van der Waals surface area (Å²) in [5.74, 6) is -0.687. The zero-order valence-corrected chi connectivity index (χ0v) is 14.5. The normalized spacial score (nSPS) is 12.4. The van der Waals surface area contributed by atoms with Gasteiger partial charge in [-0.2, -0.15) is 40.6 Å². The maximum atomic E-state index is 13.4. The SMILES string of the molecule is Nc1c(S(=O)(=O)O)cc2cc(S(=O)(=O)O)ccc2c1-c1nc(F)nc(F)n1. The van der Waals surface area contributed by atoms with Crippen LogP contribution >= 0.6 is 0 Å². The molecule has 3 rings (SSSR count). The molecule has 1 heterocycles. The Labute approximate surface area is 150 Å². The van der Waals surface area contributed by atoms with Crippen LogP contribution in [0.3, 0.4) is 0 Å². The van der Waals surface area contributed by atoms with Crippen molar-refractivity contribution in [2.75, 3.05) is 5.73 Å². The second-order valence-corrected chi connectivity index (χ2v) is 8.01. The van der Waals surface area contributed by atoms with Gasteiger partial charge in [-0.25, -0.2) is 0 Å². The summed E-state index contributed by atoms with van der Waals surface area (Å²) in [4.78, 5) is 7.75. The van der Waals surface area contributed by atoms with E-state index in [1.807, 2.05) is 0 Å². The van der Waals surface area contributed by atoms with E-state index in [-0.39, 0.29) is 16.3 Å². The highest BCUT2D eigenvalue weighted by Gasteiger charge is 2.24. The fraction of sp³-hybridized carbons (Fsp3) is 0. The van der Waals surface area contributed by atoms with Crippen LogP contribution in [-0.2, 0) is 20.2 Å². The number of halogens is 2. The van der Waals surface area contributed by atoms with Crippen molar-refractivity contribution < 1.29 is 34.7 Å². The first kappa shape index (κ1) is 19.0. The van der Waals surface area contributed by atoms with Crippen LogP contribution in [0.5, 0.6) is 0 Å². The molecule has 4 N–H and O–H groups in total. The van der Waals surface area contributed by atoms with Gasteiger partial charge >= 0.3 is 12.2 Å². The number of fused-ring (bicyclic) bond motifs is 1. The molecular weight excluding hydrogens is 410 g/mol. The average molecular weight is 418 g/mol. The zero-order valence-electron chi connectivity index (χ0n) is 12.8. The van der Waals surface area contributed by atoms with Gasteiger partial charge in [0.1, 0.15) is 4.90 Å². The lowest BCUT2D eigenvalue weighted by atomic mass is 10.0. The Morgan fingerprint density at radius 2 is 1.48 bits per heavy atom. The largest absolute Gasteiger partial charge is 0.397 e. The standard InChI is InChI=1S/C13H8F2N4O6S2/c14-12-17-11(18-13(15)19-12)9-7-2-1-6(26(20,21)22)3-5(7)4-8(10(9)16)27(23,24)25/h1-4H,16H2,(H,20,21,22)(H,23,24,25). The van der Waals surface area contributed by atoms with Gasteiger partial charge in [-0.15, -0.1) is 0 Å². The lowest BCUT2D eigenvalue weighted by Crippen LogP contribution is -2.08. The first-order chi connectivity index (χ1) is 12.4. The minimum absolute atomic E-state index is 0.00250. The van der Waals surface area contributed by atoms with Crippen LogP contribution < -0.4 is 5.73 Å². The molecule has 27 heavy (non-hydrogen) atoms. The summed E-state index contributed by atoms with van der Waals surface area (Å²) < 4.78 is 91.1. The van der Waals surface area contributed by atoms with E-state index in [4.69, 9.17) is 10.3 Å². The molecule has 0 unspecified atom stereocenters. The third-order valence-electron chi connectivity index (χ3n) is 3.49. The number of hydrogen-bond acceptors (Lipinski definition) is 8. The van der Waals surface area contributed by atoms with Crippen molar-refractivity contribution in [1.29, 1.82) is 0 Å². The van der Waals surface area contributed by atoms with Crippen molar-refractivity contribution in [2.24, 2.45) is 0 Å². The molecule has 0 fully saturated rings. The number of rotatable bonds is 3. The van der Waals surface area contributed by atoms with Gasteiger partial charge in [0.2, 0.25) is 0 Å². The van der Waals surface area contributed by atoms with Crippen LogP contribution in [0, 0.1) is 12.2 Å². The highest BCUT2D eigenvalue weighted by atomic mass is 32.2. The highest BCUT2D eigenvalue weighted by Crippen LogP contribution is 2.37. The van der Waals surface area contributed by atoms with Gasteiger partial charge in [0.25, 0.3) is 20.2 Å². The van der Waals surface area contributed by atoms with Crippen LogP contribution in [0.15, 0.2) is 34.1 Å². The average Bonchev–Trinajstić information content (AvgIpc) is 2.50. The van der Waals surface area contributed by atoms with E-state index in [0.717, 1.165) is 24.3 Å². The van der Waals surface area contributed by atoms with E-state index in [1.165, 1.54) is 0 Å². The number of nitrogens with zero attached hydrogens (tertiary/aromatic N) is 3. The van der Waals surface area contributed by atoms with Crippen molar-refractivity contribution in [3.8, 4) is 11.4 Å². The van der Waals surface area contributed by atoms with Crippen molar-refractivity contribution in [2.45, 2.75) is 9.79 Å². The molecule has 1 aromatic heterocycles. The van der Waals surface area contributed by atoms with Crippen LogP contribution in [0.4, 0.5) is 14.5 Å². The quantitative estimate of drug-likeness (QED) is 0.412. The Balaban J connectivity index is 2.52. The van der Waals surface area contributed by atoms with E-state index in [2.05, 4.69) is 15.0 Å². The maximum Gasteiger partial charge on any atom is 0.314 e. The molecular formula is C13H8F2N4O6S2. The number of benzene rings is 2. The lowest BCUT2D eigenvalue weighted by Gasteiger charge is -2.13. The highest BCUT2D eigenvalue weighted by molar-refractivity contribution is 7.86. The first-order valence-corrected chi connectivity index (χ1v) is 9.64.